The van der Waals surface area contributed by atoms with Gasteiger partial charge < -0.3 is 5.73 Å². The van der Waals surface area contributed by atoms with Gasteiger partial charge in [-0.05, 0) is 30.7 Å². The number of hydrogen-bond donors (Lipinski definition) is 1. The standard InChI is InChI=1S/C10H16N2O4S2/c1-17(13,14)12(18(2,15)16)10-5-3-9(4-6-10)7-8-11/h3-6H,7-8,11H2,1-2H3. The number of rotatable bonds is 5. The second-order valence-electron chi connectivity index (χ2n) is 3.93. The van der Waals surface area contributed by atoms with Crippen LogP contribution in [-0.4, -0.2) is 35.9 Å². The van der Waals surface area contributed by atoms with Crippen molar-refractivity contribution < 1.29 is 16.8 Å². The maximum Gasteiger partial charge on any atom is 0.245 e. The van der Waals surface area contributed by atoms with Crippen LogP contribution < -0.4 is 9.44 Å². The largest absolute Gasteiger partial charge is 0.330 e. The summed E-state index contributed by atoms with van der Waals surface area (Å²) in [7, 11) is -7.76. The summed E-state index contributed by atoms with van der Waals surface area (Å²) in [6.07, 6.45) is 2.35. The van der Waals surface area contributed by atoms with Gasteiger partial charge in [-0.15, -0.1) is 0 Å². The summed E-state index contributed by atoms with van der Waals surface area (Å²) >= 11 is 0. The third-order valence-electron chi connectivity index (χ3n) is 2.18. The lowest BCUT2D eigenvalue weighted by Gasteiger charge is -2.19. The molecule has 0 spiro atoms. The first-order chi connectivity index (χ1) is 8.16. The Kier molecular flexibility index (Phi) is 4.36. The topological polar surface area (TPSA) is 97.5 Å². The average molecular weight is 292 g/mol. The molecular formula is C10H16N2O4S2. The van der Waals surface area contributed by atoms with E-state index in [1.807, 2.05) is 0 Å². The minimum absolute atomic E-state index is 0.0979. The van der Waals surface area contributed by atoms with Gasteiger partial charge in [0.2, 0.25) is 20.0 Å². The van der Waals surface area contributed by atoms with E-state index >= 15 is 0 Å². The Morgan fingerprint density at radius 3 is 1.78 bits per heavy atom. The van der Waals surface area contributed by atoms with E-state index in [0.717, 1.165) is 18.1 Å². The fourth-order valence-electron chi connectivity index (χ4n) is 1.58. The van der Waals surface area contributed by atoms with Gasteiger partial charge in [0.25, 0.3) is 0 Å². The molecule has 2 N–H and O–H groups in total. The molecule has 0 saturated heterocycles. The lowest BCUT2D eigenvalue weighted by molar-refractivity contribution is 0.590. The van der Waals surface area contributed by atoms with Crippen molar-refractivity contribution in [3.63, 3.8) is 0 Å². The molecule has 0 unspecified atom stereocenters. The predicted octanol–water partition coefficient (Wildman–Crippen LogP) is -0.0866. The zero-order chi connectivity index (χ0) is 14.0. The van der Waals surface area contributed by atoms with Crippen LogP contribution in [0.4, 0.5) is 5.69 Å². The third-order valence-corrected chi connectivity index (χ3v) is 5.43. The van der Waals surface area contributed by atoms with Crippen molar-refractivity contribution in [2.75, 3.05) is 22.8 Å². The summed E-state index contributed by atoms with van der Waals surface area (Å²) in [5.74, 6) is 0. The third kappa shape index (κ3) is 3.69. The second kappa shape index (κ2) is 5.25. The second-order valence-corrected chi connectivity index (χ2v) is 7.82. The van der Waals surface area contributed by atoms with Crippen LogP contribution in [0.15, 0.2) is 24.3 Å². The van der Waals surface area contributed by atoms with Crippen LogP contribution in [0.2, 0.25) is 0 Å². The molecule has 0 amide bonds. The summed E-state index contributed by atoms with van der Waals surface area (Å²) in [6, 6.07) is 6.22. The van der Waals surface area contributed by atoms with Crippen LogP contribution >= 0.6 is 0 Å². The lowest BCUT2D eigenvalue weighted by atomic mass is 10.1. The zero-order valence-electron chi connectivity index (χ0n) is 10.2. The molecule has 0 atom stereocenters. The fraction of sp³-hybridized carbons (Fsp3) is 0.400. The summed E-state index contributed by atoms with van der Waals surface area (Å²) in [4.78, 5) is 0. The first kappa shape index (κ1) is 14.9. The summed E-state index contributed by atoms with van der Waals surface area (Å²) in [5.41, 5.74) is 6.41. The molecule has 0 aliphatic heterocycles. The van der Waals surface area contributed by atoms with E-state index in [0.29, 0.717) is 16.7 Å². The van der Waals surface area contributed by atoms with Gasteiger partial charge in [0.05, 0.1) is 18.2 Å². The highest BCUT2D eigenvalue weighted by Gasteiger charge is 2.26. The maximum atomic E-state index is 11.5. The normalized spacial score (nSPS) is 12.4. The Balaban J connectivity index is 3.24. The predicted molar refractivity (Wildman–Crippen MR) is 71.4 cm³/mol. The van der Waals surface area contributed by atoms with Crippen LogP contribution in [0, 0.1) is 0 Å². The molecule has 0 saturated carbocycles. The number of nitrogens with two attached hydrogens (primary N) is 1. The number of nitrogens with zero attached hydrogens (tertiary/aromatic N) is 1. The molecule has 8 heteroatoms. The highest BCUT2D eigenvalue weighted by molar-refractivity contribution is 8.09. The summed E-state index contributed by atoms with van der Waals surface area (Å²) in [6.45, 7) is 0.473. The minimum Gasteiger partial charge on any atom is -0.330 e. The molecule has 0 bridgehead atoms. The zero-order valence-corrected chi connectivity index (χ0v) is 11.8. The van der Waals surface area contributed by atoms with Crippen molar-refractivity contribution in [1.82, 2.24) is 0 Å². The molecule has 6 nitrogen and oxygen atoms in total. The van der Waals surface area contributed by atoms with Crippen LogP contribution in [0.1, 0.15) is 5.56 Å². The SMILES string of the molecule is CS(=O)(=O)N(c1ccc(CCN)cc1)S(C)(=O)=O. The summed E-state index contributed by atoms with van der Waals surface area (Å²) < 4.78 is 46.5. The van der Waals surface area contributed by atoms with Crippen LogP contribution in [0.3, 0.4) is 0 Å². The van der Waals surface area contributed by atoms with E-state index in [1.54, 1.807) is 12.1 Å². The monoisotopic (exact) mass is 292 g/mol. The van der Waals surface area contributed by atoms with Crippen molar-refractivity contribution in [3.05, 3.63) is 29.8 Å². The van der Waals surface area contributed by atoms with Gasteiger partial charge in [-0.3, -0.25) is 0 Å². The highest BCUT2D eigenvalue weighted by Crippen LogP contribution is 2.21. The number of hydrogen-bond acceptors (Lipinski definition) is 5. The molecule has 0 radical (unpaired) electrons. The average Bonchev–Trinajstić information content (AvgIpc) is 2.17. The smallest absolute Gasteiger partial charge is 0.245 e. The number of sulfonamides is 2. The Morgan fingerprint density at radius 1 is 1.00 bits per heavy atom. The number of benzene rings is 1. The van der Waals surface area contributed by atoms with E-state index in [9.17, 15) is 16.8 Å². The van der Waals surface area contributed by atoms with Crippen molar-refractivity contribution in [3.8, 4) is 0 Å². The highest BCUT2D eigenvalue weighted by atomic mass is 32.3. The van der Waals surface area contributed by atoms with Crippen molar-refractivity contribution in [2.24, 2.45) is 5.73 Å². The first-order valence-electron chi connectivity index (χ1n) is 5.16. The van der Waals surface area contributed by atoms with E-state index in [1.165, 1.54) is 12.1 Å². The molecule has 1 aromatic carbocycles. The van der Waals surface area contributed by atoms with E-state index in [2.05, 4.69) is 0 Å². The van der Waals surface area contributed by atoms with E-state index in [-0.39, 0.29) is 5.69 Å². The molecule has 0 aliphatic rings. The van der Waals surface area contributed by atoms with Gasteiger partial charge in [0.1, 0.15) is 0 Å². The molecule has 0 aromatic heterocycles. The molecule has 0 fully saturated rings. The Morgan fingerprint density at radius 2 is 1.44 bits per heavy atom. The van der Waals surface area contributed by atoms with Crippen LogP contribution in [0.25, 0.3) is 0 Å². The van der Waals surface area contributed by atoms with E-state index in [4.69, 9.17) is 5.73 Å². The molecular weight excluding hydrogens is 276 g/mol. The van der Waals surface area contributed by atoms with Crippen molar-refractivity contribution in [2.45, 2.75) is 6.42 Å². The minimum atomic E-state index is -3.88. The molecule has 0 aliphatic carbocycles. The first-order valence-corrected chi connectivity index (χ1v) is 8.85. The lowest BCUT2D eigenvalue weighted by Crippen LogP contribution is -2.35. The molecule has 18 heavy (non-hydrogen) atoms. The molecule has 1 aromatic rings. The van der Waals surface area contributed by atoms with Crippen molar-refractivity contribution in [1.29, 1.82) is 0 Å². The van der Waals surface area contributed by atoms with Gasteiger partial charge in [0, 0.05) is 0 Å². The molecule has 1 rings (SSSR count). The van der Waals surface area contributed by atoms with Crippen LogP contribution in [-0.2, 0) is 26.5 Å². The van der Waals surface area contributed by atoms with Crippen LogP contribution in [0.5, 0.6) is 0 Å². The Bertz CT molecular complexity index is 574. The maximum absolute atomic E-state index is 11.5. The molecule has 102 valence electrons. The van der Waals surface area contributed by atoms with Gasteiger partial charge in [0.15, 0.2) is 0 Å². The Hall–Kier alpha value is -1.12. The fourth-order valence-corrected chi connectivity index (χ4v) is 4.56. The van der Waals surface area contributed by atoms with Gasteiger partial charge >= 0.3 is 0 Å². The number of anilines is 1. The molecule has 0 heterocycles. The Labute approximate surface area is 108 Å². The quantitative estimate of drug-likeness (QED) is 0.818. The van der Waals surface area contributed by atoms with Gasteiger partial charge in [-0.25, -0.2) is 16.8 Å². The van der Waals surface area contributed by atoms with Gasteiger partial charge in [-0.2, -0.15) is 3.71 Å². The van der Waals surface area contributed by atoms with Crippen molar-refractivity contribution >= 4 is 25.7 Å². The van der Waals surface area contributed by atoms with E-state index < -0.39 is 20.0 Å². The van der Waals surface area contributed by atoms with Gasteiger partial charge in [-0.1, -0.05) is 12.1 Å². The summed E-state index contributed by atoms with van der Waals surface area (Å²) in [5, 5.41) is 0.